The molecular formula is C57H43N. The van der Waals surface area contributed by atoms with Gasteiger partial charge in [-0.1, -0.05) is 147 Å². The van der Waals surface area contributed by atoms with E-state index < -0.39 is 0 Å². The third kappa shape index (κ3) is 5.31. The van der Waals surface area contributed by atoms with Crippen LogP contribution in [-0.4, -0.2) is 0 Å². The van der Waals surface area contributed by atoms with Gasteiger partial charge in [0.1, 0.15) is 0 Å². The molecule has 0 saturated heterocycles. The molecule has 0 spiro atoms. The lowest BCUT2D eigenvalue weighted by Gasteiger charge is -2.27. The Morgan fingerprint density at radius 3 is 1.59 bits per heavy atom. The molecule has 0 fully saturated rings. The summed E-state index contributed by atoms with van der Waals surface area (Å²) in [5.41, 5.74) is 16.4. The van der Waals surface area contributed by atoms with Crippen LogP contribution in [0.25, 0.3) is 76.5 Å². The molecule has 0 heterocycles. The van der Waals surface area contributed by atoms with Crippen molar-refractivity contribution in [3.8, 4) is 33.4 Å². The largest absolute Gasteiger partial charge is 0.310 e. The summed E-state index contributed by atoms with van der Waals surface area (Å²) in [6.07, 6.45) is 0. The quantitative estimate of drug-likeness (QED) is 0.159. The van der Waals surface area contributed by atoms with Crippen molar-refractivity contribution in [3.05, 3.63) is 210 Å². The van der Waals surface area contributed by atoms with Gasteiger partial charge in [0.05, 0.1) is 0 Å². The van der Waals surface area contributed by atoms with Gasteiger partial charge in [-0.05, 0) is 167 Å². The van der Waals surface area contributed by atoms with E-state index in [1.807, 2.05) is 0 Å². The van der Waals surface area contributed by atoms with E-state index in [9.17, 15) is 0 Å². The zero-order valence-corrected chi connectivity index (χ0v) is 33.3. The predicted octanol–water partition coefficient (Wildman–Crippen LogP) is 16.0. The molecule has 0 radical (unpaired) electrons. The fourth-order valence-electron chi connectivity index (χ4n) is 10.0. The maximum absolute atomic E-state index is 2.45. The number of hydrogen-bond acceptors (Lipinski definition) is 1. The molecule has 11 rings (SSSR count). The molecule has 0 aromatic heterocycles. The molecule has 10 aromatic carbocycles. The number of nitrogens with zero attached hydrogens (tertiary/aromatic N) is 1. The monoisotopic (exact) mass is 741 g/mol. The third-order valence-corrected chi connectivity index (χ3v) is 12.6. The first-order valence-electron chi connectivity index (χ1n) is 20.4. The first-order chi connectivity index (χ1) is 28.3. The van der Waals surface area contributed by atoms with Crippen molar-refractivity contribution in [2.24, 2.45) is 0 Å². The van der Waals surface area contributed by atoms with Crippen molar-refractivity contribution < 1.29 is 0 Å². The molecular weight excluding hydrogens is 699 g/mol. The summed E-state index contributed by atoms with van der Waals surface area (Å²) in [4.78, 5) is 2.37. The van der Waals surface area contributed by atoms with E-state index in [4.69, 9.17) is 0 Å². The topological polar surface area (TPSA) is 3.24 Å². The molecule has 1 nitrogen and oxygen atoms in total. The van der Waals surface area contributed by atoms with Gasteiger partial charge in [0.15, 0.2) is 0 Å². The van der Waals surface area contributed by atoms with Gasteiger partial charge < -0.3 is 4.90 Å². The standard InChI is InChI=1S/C57H43N/c1-36-14-11-18-43(30-36)58(44-19-12-15-37(2)31-44)45-29-28-40-32-42(27-26-41(40)33-45)54-47-21-7-8-22-48(47)55(52-35-39-17-6-5-16-38(39)34-51(52)54)50-24-13-23-49-46-20-9-10-25-53(46)57(3,4)56(49)50/h5-35H,1-4H3. The second-order valence-corrected chi connectivity index (χ2v) is 16.7. The molecule has 58 heavy (non-hydrogen) atoms. The Morgan fingerprint density at radius 1 is 0.362 bits per heavy atom. The second kappa shape index (κ2) is 13.0. The second-order valence-electron chi connectivity index (χ2n) is 16.7. The minimum absolute atomic E-state index is 0.142. The molecule has 0 saturated carbocycles. The van der Waals surface area contributed by atoms with Crippen LogP contribution >= 0.6 is 0 Å². The maximum atomic E-state index is 2.45. The maximum Gasteiger partial charge on any atom is 0.0468 e. The Morgan fingerprint density at radius 2 is 0.879 bits per heavy atom. The fraction of sp³-hybridized carbons (Fsp3) is 0.0877. The summed E-state index contributed by atoms with van der Waals surface area (Å²) in [6, 6.07) is 70.3. The number of anilines is 3. The van der Waals surface area contributed by atoms with Crippen molar-refractivity contribution in [2.45, 2.75) is 33.1 Å². The normalized spacial score (nSPS) is 13.0. The van der Waals surface area contributed by atoms with Gasteiger partial charge in [-0.25, -0.2) is 0 Å². The number of hydrogen-bond donors (Lipinski definition) is 0. The van der Waals surface area contributed by atoms with Gasteiger partial charge in [0.2, 0.25) is 0 Å². The highest BCUT2D eigenvalue weighted by atomic mass is 15.1. The molecule has 0 amide bonds. The Hall–Kier alpha value is -6.96. The Labute approximate surface area is 340 Å². The fourth-order valence-corrected chi connectivity index (χ4v) is 10.0. The highest BCUT2D eigenvalue weighted by molar-refractivity contribution is 6.24. The van der Waals surface area contributed by atoms with Crippen molar-refractivity contribution in [1.82, 2.24) is 0 Å². The summed E-state index contributed by atoms with van der Waals surface area (Å²) in [5.74, 6) is 0. The average Bonchev–Trinajstić information content (AvgIpc) is 3.48. The number of aryl methyl sites for hydroxylation is 2. The van der Waals surface area contributed by atoms with Crippen LogP contribution in [-0.2, 0) is 5.41 Å². The van der Waals surface area contributed by atoms with Crippen LogP contribution in [0.4, 0.5) is 17.1 Å². The Bertz CT molecular complexity index is 3250. The number of fused-ring (bicyclic) bond motifs is 7. The van der Waals surface area contributed by atoms with E-state index in [1.54, 1.807) is 0 Å². The van der Waals surface area contributed by atoms with Crippen molar-refractivity contribution in [2.75, 3.05) is 4.90 Å². The molecule has 0 N–H and O–H groups in total. The average molecular weight is 742 g/mol. The minimum atomic E-state index is -0.142. The Kier molecular flexibility index (Phi) is 7.72. The molecule has 0 unspecified atom stereocenters. The number of benzene rings is 10. The van der Waals surface area contributed by atoms with Gasteiger partial charge in [0, 0.05) is 22.5 Å². The minimum Gasteiger partial charge on any atom is -0.310 e. The van der Waals surface area contributed by atoms with E-state index >= 15 is 0 Å². The highest BCUT2D eigenvalue weighted by Gasteiger charge is 2.38. The molecule has 10 aromatic rings. The lowest BCUT2D eigenvalue weighted by molar-refractivity contribution is 0.662. The van der Waals surface area contributed by atoms with E-state index in [0.29, 0.717) is 0 Å². The molecule has 0 bridgehead atoms. The zero-order valence-electron chi connectivity index (χ0n) is 33.3. The van der Waals surface area contributed by atoms with Crippen LogP contribution in [0.5, 0.6) is 0 Å². The first kappa shape index (κ1) is 34.3. The Balaban J connectivity index is 1.15. The zero-order chi connectivity index (χ0) is 39.1. The third-order valence-electron chi connectivity index (χ3n) is 12.6. The van der Waals surface area contributed by atoms with E-state index in [-0.39, 0.29) is 5.41 Å². The van der Waals surface area contributed by atoms with Gasteiger partial charge >= 0.3 is 0 Å². The van der Waals surface area contributed by atoms with Crippen molar-refractivity contribution in [3.63, 3.8) is 0 Å². The van der Waals surface area contributed by atoms with E-state index in [2.05, 4.69) is 221 Å². The molecule has 0 atom stereocenters. The number of rotatable bonds is 5. The highest BCUT2D eigenvalue weighted by Crippen LogP contribution is 2.55. The molecule has 1 aliphatic carbocycles. The SMILES string of the molecule is Cc1cccc(N(c2cccc(C)c2)c2ccc3cc(-c4c5ccccc5c(-c5cccc6c5C(C)(C)c5ccccc5-6)c5cc6ccccc6cc45)ccc3c2)c1. The van der Waals surface area contributed by atoms with Crippen LogP contribution in [0.3, 0.4) is 0 Å². The van der Waals surface area contributed by atoms with Gasteiger partial charge in [-0.3, -0.25) is 0 Å². The van der Waals surface area contributed by atoms with Gasteiger partial charge in [-0.15, -0.1) is 0 Å². The van der Waals surface area contributed by atoms with Gasteiger partial charge in [-0.2, -0.15) is 0 Å². The van der Waals surface area contributed by atoms with Crippen LogP contribution in [0.15, 0.2) is 188 Å². The molecule has 1 aliphatic rings. The molecule has 0 aliphatic heterocycles. The van der Waals surface area contributed by atoms with E-state index in [1.165, 1.54) is 98.7 Å². The van der Waals surface area contributed by atoms with Crippen molar-refractivity contribution >= 4 is 60.2 Å². The predicted molar refractivity (Wildman–Crippen MR) is 249 cm³/mol. The van der Waals surface area contributed by atoms with Crippen molar-refractivity contribution in [1.29, 1.82) is 0 Å². The summed E-state index contributed by atoms with van der Waals surface area (Å²) < 4.78 is 0. The smallest absolute Gasteiger partial charge is 0.0468 e. The molecule has 276 valence electrons. The van der Waals surface area contributed by atoms with E-state index in [0.717, 1.165) is 17.1 Å². The summed E-state index contributed by atoms with van der Waals surface area (Å²) in [6.45, 7) is 9.12. The lowest BCUT2D eigenvalue weighted by Crippen LogP contribution is -2.16. The van der Waals surface area contributed by atoms with Crippen LogP contribution in [0, 0.1) is 13.8 Å². The van der Waals surface area contributed by atoms with Crippen LogP contribution < -0.4 is 4.90 Å². The van der Waals surface area contributed by atoms with Crippen LogP contribution in [0.2, 0.25) is 0 Å². The van der Waals surface area contributed by atoms with Gasteiger partial charge in [0.25, 0.3) is 0 Å². The summed E-state index contributed by atoms with van der Waals surface area (Å²) in [7, 11) is 0. The van der Waals surface area contributed by atoms with Crippen LogP contribution in [0.1, 0.15) is 36.1 Å². The first-order valence-corrected chi connectivity index (χ1v) is 20.4. The summed E-state index contributed by atoms with van der Waals surface area (Å²) in [5, 5.41) is 10.1. The lowest BCUT2D eigenvalue weighted by atomic mass is 9.76. The summed E-state index contributed by atoms with van der Waals surface area (Å²) >= 11 is 0. The molecule has 1 heteroatoms.